The van der Waals surface area contributed by atoms with Gasteiger partial charge in [0.25, 0.3) is 0 Å². The molecule has 2 saturated carbocycles. The van der Waals surface area contributed by atoms with Crippen molar-refractivity contribution in [2.45, 2.75) is 32.2 Å². The Morgan fingerprint density at radius 3 is 2.80 bits per heavy atom. The average molecular weight is 267 g/mol. The summed E-state index contributed by atoms with van der Waals surface area (Å²) in [6.45, 7) is 1.97. The van der Waals surface area contributed by atoms with E-state index >= 15 is 0 Å². The molecule has 0 bridgehead atoms. The molecular formula is C17H21N3. The zero-order chi connectivity index (χ0) is 13.6. The van der Waals surface area contributed by atoms with Gasteiger partial charge in [-0.1, -0.05) is 18.2 Å². The van der Waals surface area contributed by atoms with Gasteiger partial charge < -0.3 is 11.1 Å². The number of benzene rings is 1. The molecule has 4 rings (SSSR count). The molecule has 2 aromatic rings. The van der Waals surface area contributed by atoms with Crippen LogP contribution in [0.2, 0.25) is 0 Å². The Labute approximate surface area is 119 Å². The average Bonchev–Trinajstić information content (AvgIpc) is 3.32. The van der Waals surface area contributed by atoms with Crippen molar-refractivity contribution < 1.29 is 0 Å². The van der Waals surface area contributed by atoms with Crippen molar-refractivity contribution in [3.63, 3.8) is 0 Å². The number of para-hydroxylation sites is 1. The van der Waals surface area contributed by atoms with Crippen molar-refractivity contribution in [2.24, 2.45) is 11.3 Å². The molecule has 2 fully saturated rings. The molecule has 1 heterocycles. The number of pyridine rings is 1. The Morgan fingerprint density at radius 1 is 1.25 bits per heavy atom. The summed E-state index contributed by atoms with van der Waals surface area (Å²) in [7, 11) is 0. The predicted molar refractivity (Wildman–Crippen MR) is 82.3 cm³/mol. The fourth-order valence-corrected chi connectivity index (χ4v) is 3.38. The second kappa shape index (κ2) is 4.45. The van der Waals surface area contributed by atoms with Crippen molar-refractivity contribution in [3.8, 4) is 0 Å². The van der Waals surface area contributed by atoms with E-state index in [4.69, 9.17) is 10.7 Å². The normalized spacial score (nSPS) is 20.2. The van der Waals surface area contributed by atoms with Crippen molar-refractivity contribution in [1.82, 2.24) is 10.3 Å². The highest BCUT2D eigenvalue weighted by molar-refractivity contribution is 5.90. The van der Waals surface area contributed by atoms with E-state index in [9.17, 15) is 0 Å². The van der Waals surface area contributed by atoms with Gasteiger partial charge in [0.05, 0.1) is 11.2 Å². The number of hydrogen-bond acceptors (Lipinski definition) is 3. The van der Waals surface area contributed by atoms with Gasteiger partial charge in [0.1, 0.15) is 0 Å². The van der Waals surface area contributed by atoms with Crippen molar-refractivity contribution in [3.05, 3.63) is 36.0 Å². The highest BCUT2D eigenvalue weighted by Crippen LogP contribution is 2.60. The minimum absolute atomic E-state index is 0.641. The zero-order valence-electron chi connectivity index (χ0n) is 11.7. The minimum atomic E-state index is 0.641. The van der Waals surface area contributed by atoms with Crippen LogP contribution < -0.4 is 11.1 Å². The fraction of sp³-hybridized carbons (Fsp3) is 0.471. The lowest BCUT2D eigenvalue weighted by Gasteiger charge is -2.15. The fourth-order valence-electron chi connectivity index (χ4n) is 3.38. The molecule has 0 amide bonds. The third-order valence-electron chi connectivity index (χ3n) is 4.92. The first kappa shape index (κ1) is 12.2. The SMILES string of the molecule is Nc1cc(CNCC2(C3CC3)CC2)nc2ccccc12. The number of nitrogens with zero attached hydrogens (tertiary/aromatic N) is 1. The number of nitrogens with two attached hydrogens (primary N) is 1. The Balaban J connectivity index is 1.46. The van der Waals surface area contributed by atoms with E-state index in [0.29, 0.717) is 5.41 Å². The molecule has 0 spiro atoms. The van der Waals surface area contributed by atoms with Crippen LogP contribution in [0.3, 0.4) is 0 Å². The smallest absolute Gasteiger partial charge is 0.0726 e. The minimum Gasteiger partial charge on any atom is -0.398 e. The van der Waals surface area contributed by atoms with Crippen molar-refractivity contribution >= 4 is 16.6 Å². The number of rotatable bonds is 5. The second-order valence-corrected chi connectivity index (χ2v) is 6.46. The maximum absolute atomic E-state index is 6.12. The molecule has 0 atom stereocenters. The molecule has 3 nitrogen and oxygen atoms in total. The number of anilines is 1. The van der Waals surface area contributed by atoms with E-state index in [1.54, 1.807) is 0 Å². The van der Waals surface area contributed by atoms with Crippen LogP contribution >= 0.6 is 0 Å². The summed E-state index contributed by atoms with van der Waals surface area (Å²) in [5.41, 5.74) is 9.63. The van der Waals surface area contributed by atoms with Crippen LogP contribution in [0.4, 0.5) is 5.69 Å². The molecule has 0 saturated heterocycles. The quantitative estimate of drug-likeness (QED) is 0.875. The van der Waals surface area contributed by atoms with E-state index in [1.807, 2.05) is 30.3 Å². The van der Waals surface area contributed by atoms with Gasteiger partial charge in [-0.3, -0.25) is 4.98 Å². The molecule has 0 aliphatic heterocycles. The Kier molecular flexibility index (Phi) is 2.71. The second-order valence-electron chi connectivity index (χ2n) is 6.46. The van der Waals surface area contributed by atoms with Crippen LogP contribution in [-0.4, -0.2) is 11.5 Å². The summed E-state index contributed by atoms with van der Waals surface area (Å²) < 4.78 is 0. The summed E-state index contributed by atoms with van der Waals surface area (Å²) >= 11 is 0. The Hall–Kier alpha value is -1.61. The maximum atomic E-state index is 6.12. The first-order valence-corrected chi connectivity index (χ1v) is 7.62. The van der Waals surface area contributed by atoms with Crippen LogP contribution in [0, 0.1) is 11.3 Å². The molecule has 0 radical (unpaired) electrons. The van der Waals surface area contributed by atoms with Gasteiger partial charge in [0.15, 0.2) is 0 Å². The zero-order valence-corrected chi connectivity index (χ0v) is 11.7. The Bertz CT molecular complexity index is 642. The number of nitrogen functional groups attached to an aromatic ring is 1. The van der Waals surface area contributed by atoms with E-state index in [1.165, 1.54) is 25.7 Å². The van der Waals surface area contributed by atoms with Crippen LogP contribution in [0.5, 0.6) is 0 Å². The van der Waals surface area contributed by atoms with E-state index < -0.39 is 0 Å². The molecule has 3 heteroatoms. The highest BCUT2D eigenvalue weighted by Gasteiger charge is 2.53. The van der Waals surface area contributed by atoms with Crippen LogP contribution in [0.15, 0.2) is 30.3 Å². The van der Waals surface area contributed by atoms with Crippen LogP contribution in [-0.2, 0) is 6.54 Å². The predicted octanol–water partition coefficient (Wildman–Crippen LogP) is 3.10. The summed E-state index contributed by atoms with van der Waals surface area (Å²) in [6, 6.07) is 10.1. The van der Waals surface area contributed by atoms with E-state index in [2.05, 4.69) is 5.32 Å². The number of fused-ring (bicyclic) bond motifs is 1. The molecule has 0 unspecified atom stereocenters. The van der Waals surface area contributed by atoms with Crippen molar-refractivity contribution in [2.75, 3.05) is 12.3 Å². The molecule has 1 aromatic carbocycles. The number of hydrogen-bond donors (Lipinski definition) is 2. The first-order valence-electron chi connectivity index (χ1n) is 7.62. The summed E-state index contributed by atoms with van der Waals surface area (Å²) in [5, 5.41) is 4.65. The molecular weight excluding hydrogens is 246 g/mol. The monoisotopic (exact) mass is 267 g/mol. The molecule has 20 heavy (non-hydrogen) atoms. The lowest BCUT2D eigenvalue weighted by Crippen LogP contribution is -2.25. The standard InChI is InChI=1S/C17H21N3/c18-15-9-13(20-16-4-2-1-3-14(15)16)10-19-11-17(7-8-17)12-5-6-12/h1-4,9,12,19H,5-8,10-11H2,(H2,18,20). The van der Waals surface area contributed by atoms with Crippen LogP contribution in [0.25, 0.3) is 10.9 Å². The van der Waals surface area contributed by atoms with E-state index in [-0.39, 0.29) is 0 Å². The Morgan fingerprint density at radius 2 is 2.05 bits per heavy atom. The molecule has 2 aliphatic carbocycles. The van der Waals surface area contributed by atoms with Crippen LogP contribution in [0.1, 0.15) is 31.4 Å². The third-order valence-corrected chi connectivity index (χ3v) is 4.92. The molecule has 104 valence electrons. The molecule has 1 aromatic heterocycles. The first-order chi connectivity index (χ1) is 9.77. The van der Waals surface area contributed by atoms with Gasteiger partial charge in [0, 0.05) is 24.2 Å². The number of nitrogens with one attached hydrogen (secondary N) is 1. The summed E-state index contributed by atoms with van der Waals surface area (Å²) in [4.78, 5) is 4.69. The number of aromatic nitrogens is 1. The van der Waals surface area contributed by atoms with Gasteiger partial charge in [-0.2, -0.15) is 0 Å². The highest BCUT2D eigenvalue weighted by atomic mass is 14.9. The van der Waals surface area contributed by atoms with Gasteiger partial charge in [-0.15, -0.1) is 0 Å². The van der Waals surface area contributed by atoms with Gasteiger partial charge in [-0.05, 0) is 49.1 Å². The van der Waals surface area contributed by atoms with Gasteiger partial charge in [-0.25, -0.2) is 0 Å². The lowest BCUT2D eigenvalue weighted by molar-refractivity contribution is 0.402. The van der Waals surface area contributed by atoms with Crippen molar-refractivity contribution in [1.29, 1.82) is 0 Å². The van der Waals surface area contributed by atoms with Gasteiger partial charge in [0.2, 0.25) is 0 Å². The third kappa shape index (κ3) is 2.16. The lowest BCUT2D eigenvalue weighted by atomic mass is 10.0. The maximum Gasteiger partial charge on any atom is 0.0726 e. The summed E-state index contributed by atoms with van der Waals surface area (Å²) in [5.74, 6) is 1.00. The summed E-state index contributed by atoms with van der Waals surface area (Å²) in [6.07, 6.45) is 5.72. The largest absolute Gasteiger partial charge is 0.398 e. The van der Waals surface area contributed by atoms with Gasteiger partial charge >= 0.3 is 0 Å². The topological polar surface area (TPSA) is 50.9 Å². The molecule has 2 aliphatic rings. The molecule has 3 N–H and O–H groups in total. The van der Waals surface area contributed by atoms with E-state index in [0.717, 1.165) is 41.3 Å².